The number of rotatable bonds is 5. The van der Waals surface area contributed by atoms with E-state index in [-0.39, 0.29) is 41.7 Å². The van der Waals surface area contributed by atoms with Gasteiger partial charge in [-0.05, 0) is 46.6 Å². The molecule has 4 N–H and O–H groups in total. The molecule has 1 aromatic rings. The van der Waals surface area contributed by atoms with Crippen LogP contribution in [0, 0.1) is 0 Å². The van der Waals surface area contributed by atoms with Crippen molar-refractivity contribution < 1.29 is 9.53 Å². The number of hydrogen-bond acceptors (Lipinski definition) is 3. The number of nitrogens with two attached hydrogens (primary N) is 1. The number of carbonyl (C=O) groups excluding carboxylic acids is 1. The van der Waals surface area contributed by atoms with E-state index in [2.05, 4.69) is 10.6 Å². The number of likely N-dealkylation sites (tertiary alicyclic amines) is 1. The molecule has 1 aliphatic heterocycles. The molecule has 158 valence electrons. The molecule has 28 heavy (non-hydrogen) atoms. The van der Waals surface area contributed by atoms with Crippen molar-refractivity contribution in [1.29, 1.82) is 0 Å². The number of nitrogens with one attached hydrogen (secondary N) is 2. The summed E-state index contributed by atoms with van der Waals surface area (Å²) in [5, 5.41) is 6.77. The summed E-state index contributed by atoms with van der Waals surface area (Å²) < 4.78 is 6.05. The molecule has 0 unspecified atom stereocenters. The van der Waals surface area contributed by atoms with Crippen LogP contribution in [0.5, 0.6) is 5.75 Å². The molecule has 0 aromatic heterocycles. The topological polar surface area (TPSA) is 92.0 Å². The van der Waals surface area contributed by atoms with Crippen molar-refractivity contribution in [2.75, 3.05) is 19.6 Å². The molecule has 7 nitrogen and oxygen atoms in total. The van der Waals surface area contributed by atoms with Gasteiger partial charge in [0.05, 0.1) is 6.54 Å². The molecule has 8 heteroatoms. The van der Waals surface area contributed by atoms with Crippen LogP contribution in [-0.2, 0) is 6.54 Å². The maximum Gasteiger partial charge on any atom is 0.314 e. The number of guanidine groups is 1. The summed E-state index contributed by atoms with van der Waals surface area (Å²) in [5.74, 6) is 1.64. The lowest BCUT2D eigenvalue weighted by Crippen LogP contribution is -2.50. The Bertz CT molecular complexity index is 652. The maximum absolute atomic E-state index is 11.3. The zero-order valence-electron chi connectivity index (χ0n) is 17.3. The smallest absolute Gasteiger partial charge is 0.314 e. The predicted octanol–water partition coefficient (Wildman–Crippen LogP) is 3.08. The minimum atomic E-state index is -0.343. The Morgan fingerprint density at radius 3 is 2.50 bits per heavy atom. The first-order chi connectivity index (χ1) is 12.8. The Morgan fingerprint density at radius 1 is 1.29 bits per heavy atom. The fraction of sp³-hybridized carbons (Fsp3) is 0.600. The normalized spacial score (nSPS) is 15.6. The summed E-state index contributed by atoms with van der Waals surface area (Å²) in [6.45, 7) is 10.8. The predicted molar refractivity (Wildman–Crippen MR) is 124 cm³/mol. The number of halogens is 1. The molecule has 2 amide bonds. The quantitative estimate of drug-likeness (QED) is 0.327. The van der Waals surface area contributed by atoms with Gasteiger partial charge < -0.3 is 26.0 Å². The highest BCUT2D eigenvalue weighted by molar-refractivity contribution is 14.0. The number of hydrogen-bond donors (Lipinski definition) is 3. The highest BCUT2D eigenvalue weighted by Crippen LogP contribution is 2.23. The van der Waals surface area contributed by atoms with Gasteiger partial charge in [0.1, 0.15) is 11.4 Å². The third-order valence-corrected chi connectivity index (χ3v) is 4.29. The van der Waals surface area contributed by atoms with Crippen LogP contribution in [-0.4, -0.2) is 48.2 Å². The minimum absolute atomic E-state index is 0. The van der Waals surface area contributed by atoms with E-state index < -0.39 is 0 Å². The summed E-state index contributed by atoms with van der Waals surface area (Å²) >= 11 is 0. The molecule has 0 saturated carbocycles. The number of benzene rings is 1. The molecule has 0 aliphatic carbocycles. The third-order valence-electron chi connectivity index (χ3n) is 4.29. The Kier molecular flexibility index (Phi) is 9.84. The van der Waals surface area contributed by atoms with Crippen LogP contribution in [0.4, 0.5) is 4.79 Å². The van der Waals surface area contributed by atoms with Crippen LogP contribution in [0.15, 0.2) is 29.3 Å². The van der Waals surface area contributed by atoms with Crippen molar-refractivity contribution >= 4 is 36.0 Å². The molecule has 0 radical (unpaired) electrons. The Balaban J connectivity index is 0.00000392. The fourth-order valence-corrected chi connectivity index (χ4v) is 2.99. The molecule has 1 aliphatic rings. The van der Waals surface area contributed by atoms with Gasteiger partial charge in [-0.2, -0.15) is 0 Å². The van der Waals surface area contributed by atoms with Crippen LogP contribution in [0.2, 0.25) is 0 Å². The van der Waals surface area contributed by atoms with Gasteiger partial charge in [-0.3, -0.25) is 0 Å². The third kappa shape index (κ3) is 8.12. The van der Waals surface area contributed by atoms with E-state index in [1.54, 1.807) is 4.90 Å². The van der Waals surface area contributed by atoms with E-state index >= 15 is 0 Å². The SMILES string of the molecule is CCNC(=NCc1ccccc1OC(C)(C)C)NC1CCN(C(N)=O)CC1.I. The van der Waals surface area contributed by atoms with Crippen molar-refractivity contribution in [2.45, 2.75) is 58.7 Å². The largest absolute Gasteiger partial charge is 0.488 e. The van der Waals surface area contributed by atoms with Crippen molar-refractivity contribution in [2.24, 2.45) is 10.7 Å². The van der Waals surface area contributed by atoms with Crippen LogP contribution < -0.4 is 21.1 Å². The second-order valence-corrected chi connectivity index (χ2v) is 7.76. The van der Waals surface area contributed by atoms with Gasteiger partial charge in [-0.25, -0.2) is 9.79 Å². The van der Waals surface area contributed by atoms with Crippen LogP contribution in [0.25, 0.3) is 0 Å². The number of nitrogens with zero attached hydrogens (tertiary/aromatic N) is 2. The van der Waals surface area contributed by atoms with E-state index in [0.717, 1.165) is 36.7 Å². The van der Waals surface area contributed by atoms with E-state index in [9.17, 15) is 4.79 Å². The average Bonchev–Trinajstić information content (AvgIpc) is 2.60. The van der Waals surface area contributed by atoms with E-state index in [1.165, 1.54) is 0 Å². The van der Waals surface area contributed by atoms with Crippen LogP contribution in [0.1, 0.15) is 46.1 Å². The first kappa shape index (κ1) is 24.3. The summed E-state index contributed by atoms with van der Waals surface area (Å²) in [6.07, 6.45) is 1.72. The molecule has 2 rings (SSSR count). The number of aliphatic imine (C=N–C) groups is 1. The average molecular weight is 503 g/mol. The molecule has 0 spiro atoms. The lowest BCUT2D eigenvalue weighted by Gasteiger charge is -2.32. The van der Waals surface area contributed by atoms with Gasteiger partial charge in [0.15, 0.2) is 5.96 Å². The van der Waals surface area contributed by atoms with Gasteiger partial charge in [0, 0.05) is 31.2 Å². The second-order valence-electron chi connectivity index (χ2n) is 7.76. The number of piperidine rings is 1. The highest BCUT2D eigenvalue weighted by atomic mass is 127. The summed E-state index contributed by atoms with van der Waals surface area (Å²) in [7, 11) is 0. The number of primary amides is 1. The lowest BCUT2D eigenvalue weighted by molar-refractivity contribution is 0.129. The van der Waals surface area contributed by atoms with Gasteiger partial charge >= 0.3 is 6.03 Å². The van der Waals surface area contributed by atoms with Gasteiger partial charge in [-0.1, -0.05) is 18.2 Å². The molecule has 0 bridgehead atoms. The van der Waals surface area contributed by atoms with E-state index in [0.29, 0.717) is 19.6 Å². The molecular formula is C20H34IN5O2. The fourth-order valence-electron chi connectivity index (χ4n) is 2.99. The van der Waals surface area contributed by atoms with Crippen molar-refractivity contribution in [3.05, 3.63) is 29.8 Å². The van der Waals surface area contributed by atoms with Crippen molar-refractivity contribution in [3.8, 4) is 5.75 Å². The summed E-state index contributed by atoms with van der Waals surface area (Å²) in [6, 6.07) is 7.93. The van der Waals surface area contributed by atoms with Crippen molar-refractivity contribution in [1.82, 2.24) is 15.5 Å². The molecule has 1 fully saturated rings. The number of urea groups is 1. The molecule has 1 aromatic carbocycles. The number of para-hydroxylation sites is 1. The zero-order valence-corrected chi connectivity index (χ0v) is 19.7. The minimum Gasteiger partial charge on any atom is -0.488 e. The number of amides is 2. The lowest BCUT2D eigenvalue weighted by atomic mass is 10.1. The Morgan fingerprint density at radius 2 is 1.93 bits per heavy atom. The van der Waals surface area contributed by atoms with Crippen LogP contribution in [0.3, 0.4) is 0 Å². The first-order valence-corrected chi connectivity index (χ1v) is 9.64. The Hall–Kier alpha value is -1.71. The van der Waals surface area contributed by atoms with Gasteiger partial charge in [0.2, 0.25) is 0 Å². The molecular weight excluding hydrogens is 469 g/mol. The highest BCUT2D eigenvalue weighted by Gasteiger charge is 2.22. The molecule has 1 saturated heterocycles. The second kappa shape index (κ2) is 11.3. The van der Waals surface area contributed by atoms with E-state index in [4.69, 9.17) is 15.5 Å². The maximum atomic E-state index is 11.3. The number of carbonyl (C=O) groups is 1. The van der Waals surface area contributed by atoms with Gasteiger partial charge in [-0.15, -0.1) is 24.0 Å². The Labute approximate surface area is 185 Å². The van der Waals surface area contributed by atoms with Crippen LogP contribution >= 0.6 is 24.0 Å². The summed E-state index contributed by atoms with van der Waals surface area (Å²) in [5.41, 5.74) is 6.15. The van der Waals surface area contributed by atoms with Gasteiger partial charge in [0.25, 0.3) is 0 Å². The zero-order chi connectivity index (χ0) is 19.9. The van der Waals surface area contributed by atoms with E-state index in [1.807, 2.05) is 52.0 Å². The first-order valence-electron chi connectivity index (χ1n) is 9.64. The molecule has 1 heterocycles. The summed E-state index contributed by atoms with van der Waals surface area (Å²) in [4.78, 5) is 17.7. The number of ether oxygens (including phenoxy) is 1. The standard InChI is InChI=1S/C20H33N5O2.HI/c1-5-22-19(24-16-10-12-25(13-11-16)18(21)26)23-14-15-8-6-7-9-17(15)27-20(2,3)4;/h6-9,16H,5,10-14H2,1-4H3,(H2,21,26)(H2,22,23,24);1H. The monoisotopic (exact) mass is 503 g/mol. The molecule has 0 atom stereocenters. The van der Waals surface area contributed by atoms with Crippen molar-refractivity contribution in [3.63, 3.8) is 0 Å².